The number of rotatable bonds is 4. The van der Waals surface area contributed by atoms with E-state index < -0.39 is 11.4 Å². The molecule has 0 unspecified atom stereocenters. The van der Waals surface area contributed by atoms with Crippen molar-refractivity contribution in [3.05, 3.63) is 64.2 Å². The van der Waals surface area contributed by atoms with E-state index in [9.17, 15) is 14.7 Å². The van der Waals surface area contributed by atoms with Crippen molar-refractivity contribution in [2.75, 3.05) is 18.0 Å². The summed E-state index contributed by atoms with van der Waals surface area (Å²) in [5, 5.41) is 10.2. The zero-order chi connectivity index (χ0) is 20.8. The Morgan fingerprint density at radius 1 is 1.23 bits per heavy atom. The maximum Gasteiger partial charge on any atom is 0.341 e. The number of aryl methyl sites for hydroxylation is 1. The minimum atomic E-state index is -1.29. The summed E-state index contributed by atoms with van der Waals surface area (Å²) in [5.41, 5.74) is 0.117. The van der Waals surface area contributed by atoms with Crippen LogP contribution in [0.1, 0.15) is 27.7 Å². The number of carboxylic acid groups (broad SMARTS) is 1. The minimum absolute atomic E-state index is 0.212. The van der Waals surface area contributed by atoms with Crippen LogP contribution in [-0.4, -0.2) is 53.0 Å². The third kappa shape index (κ3) is 2.90. The van der Waals surface area contributed by atoms with Gasteiger partial charge < -0.3 is 10.0 Å². The fourth-order valence-corrected chi connectivity index (χ4v) is 4.07. The highest BCUT2D eigenvalue weighted by Crippen LogP contribution is 2.31. The van der Waals surface area contributed by atoms with E-state index in [1.165, 1.54) is 17.1 Å². The SMILES string of the molecule is Cc1cc(N2CC(c3ncccn3)C2)nc2c1c(=O)c(C(=O)O)cn2-c1ncns1. The number of anilines is 1. The molecule has 1 aliphatic rings. The van der Waals surface area contributed by atoms with Gasteiger partial charge in [0, 0.05) is 43.2 Å². The van der Waals surface area contributed by atoms with E-state index in [1.807, 2.05) is 6.07 Å². The minimum Gasteiger partial charge on any atom is -0.477 e. The highest BCUT2D eigenvalue weighted by molar-refractivity contribution is 7.08. The molecule has 150 valence electrons. The number of fused-ring (bicyclic) bond motifs is 1. The molecule has 11 heteroatoms. The molecule has 4 aromatic rings. The highest BCUT2D eigenvalue weighted by atomic mass is 32.1. The molecule has 4 aromatic heterocycles. The van der Waals surface area contributed by atoms with Crippen molar-refractivity contribution in [2.45, 2.75) is 12.8 Å². The Hall–Kier alpha value is -3.73. The van der Waals surface area contributed by atoms with Gasteiger partial charge in [0.2, 0.25) is 10.6 Å². The summed E-state index contributed by atoms with van der Waals surface area (Å²) in [5.74, 6) is 0.414. The molecule has 1 N–H and O–H groups in total. The van der Waals surface area contributed by atoms with Crippen LogP contribution in [0.3, 0.4) is 0 Å². The van der Waals surface area contributed by atoms with Gasteiger partial charge in [0.25, 0.3) is 0 Å². The zero-order valence-corrected chi connectivity index (χ0v) is 16.6. The van der Waals surface area contributed by atoms with Crippen molar-refractivity contribution < 1.29 is 9.90 Å². The Morgan fingerprint density at radius 3 is 2.67 bits per heavy atom. The molecule has 1 fully saturated rings. The van der Waals surface area contributed by atoms with Gasteiger partial charge in [0.15, 0.2) is 5.65 Å². The summed E-state index contributed by atoms with van der Waals surface area (Å²) in [6.45, 7) is 3.19. The van der Waals surface area contributed by atoms with Crippen LogP contribution in [0.2, 0.25) is 0 Å². The second kappa shape index (κ2) is 6.95. The molecule has 0 aromatic carbocycles. The summed E-state index contributed by atoms with van der Waals surface area (Å²) in [4.78, 5) is 44.0. The molecule has 0 bridgehead atoms. The number of carboxylic acids is 1. The van der Waals surface area contributed by atoms with E-state index in [1.54, 1.807) is 25.4 Å². The molecule has 0 radical (unpaired) electrons. The smallest absolute Gasteiger partial charge is 0.341 e. The van der Waals surface area contributed by atoms with E-state index >= 15 is 0 Å². The molecule has 5 heterocycles. The van der Waals surface area contributed by atoms with Crippen LogP contribution < -0.4 is 10.3 Å². The van der Waals surface area contributed by atoms with Gasteiger partial charge in [0.05, 0.1) is 11.3 Å². The van der Waals surface area contributed by atoms with Crippen LogP contribution in [0.4, 0.5) is 5.82 Å². The maximum absolute atomic E-state index is 12.8. The van der Waals surface area contributed by atoms with Crippen LogP contribution in [0, 0.1) is 6.92 Å². The molecule has 5 rings (SSSR count). The second-order valence-electron chi connectivity index (χ2n) is 6.98. The summed E-state index contributed by atoms with van der Waals surface area (Å²) >= 11 is 1.09. The number of nitrogens with zero attached hydrogens (tertiary/aromatic N) is 7. The molecule has 0 atom stereocenters. The fourth-order valence-electron chi connectivity index (χ4n) is 3.56. The van der Waals surface area contributed by atoms with Gasteiger partial charge in [-0.05, 0) is 24.6 Å². The summed E-state index contributed by atoms with van der Waals surface area (Å²) < 4.78 is 5.50. The Labute approximate surface area is 173 Å². The zero-order valence-electron chi connectivity index (χ0n) is 15.8. The first-order chi connectivity index (χ1) is 14.5. The third-order valence-corrected chi connectivity index (χ3v) is 5.75. The Kier molecular flexibility index (Phi) is 4.24. The average Bonchev–Trinajstić information content (AvgIpc) is 3.22. The predicted octanol–water partition coefficient (Wildman–Crippen LogP) is 1.64. The first-order valence-corrected chi connectivity index (χ1v) is 9.89. The Balaban J connectivity index is 1.61. The van der Waals surface area contributed by atoms with Gasteiger partial charge in [-0.2, -0.15) is 4.37 Å². The van der Waals surface area contributed by atoms with Gasteiger partial charge in [0.1, 0.15) is 23.5 Å². The van der Waals surface area contributed by atoms with Crippen molar-refractivity contribution in [3.8, 4) is 5.13 Å². The van der Waals surface area contributed by atoms with Crippen molar-refractivity contribution in [1.29, 1.82) is 0 Å². The average molecular weight is 421 g/mol. The molecule has 0 aliphatic carbocycles. The van der Waals surface area contributed by atoms with Gasteiger partial charge in [-0.25, -0.2) is 24.7 Å². The topological polar surface area (TPSA) is 127 Å². The summed E-state index contributed by atoms with van der Waals surface area (Å²) in [6, 6.07) is 3.59. The third-order valence-electron chi connectivity index (χ3n) is 5.08. The molecule has 0 amide bonds. The second-order valence-corrected chi connectivity index (χ2v) is 7.73. The predicted molar refractivity (Wildman–Crippen MR) is 109 cm³/mol. The van der Waals surface area contributed by atoms with Gasteiger partial charge in [-0.15, -0.1) is 0 Å². The van der Waals surface area contributed by atoms with E-state index in [0.717, 1.165) is 17.4 Å². The molecule has 30 heavy (non-hydrogen) atoms. The quantitative estimate of drug-likeness (QED) is 0.523. The Morgan fingerprint density at radius 2 is 2.00 bits per heavy atom. The largest absolute Gasteiger partial charge is 0.477 e. The van der Waals surface area contributed by atoms with Gasteiger partial charge in [-0.1, -0.05) is 0 Å². The maximum atomic E-state index is 12.8. The molecule has 0 spiro atoms. The lowest BCUT2D eigenvalue weighted by atomic mass is 9.98. The van der Waals surface area contributed by atoms with Crippen molar-refractivity contribution in [1.82, 2.24) is 28.9 Å². The molecular weight excluding hydrogens is 406 g/mol. The van der Waals surface area contributed by atoms with E-state index in [0.29, 0.717) is 35.2 Å². The van der Waals surface area contributed by atoms with Gasteiger partial charge >= 0.3 is 5.97 Å². The van der Waals surface area contributed by atoms with Crippen molar-refractivity contribution in [3.63, 3.8) is 0 Å². The number of hydrogen-bond donors (Lipinski definition) is 1. The molecule has 10 nitrogen and oxygen atoms in total. The normalized spacial score (nSPS) is 14.1. The van der Waals surface area contributed by atoms with E-state index in [2.05, 4.69) is 24.2 Å². The van der Waals surface area contributed by atoms with Crippen LogP contribution in [0.15, 0.2) is 41.8 Å². The van der Waals surface area contributed by atoms with Crippen molar-refractivity contribution in [2.24, 2.45) is 0 Å². The highest BCUT2D eigenvalue weighted by Gasteiger charge is 2.32. The monoisotopic (exact) mass is 421 g/mol. The Bertz CT molecular complexity index is 1320. The standard InChI is InChI=1S/C19H15N7O3S/c1-10-5-13(25-6-11(7-25)16-20-3-2-4-21-16)24-17-14(10)15(27)12(18(28)29)8-26(17)19-22-9-23-30-19/h2-5,8-9,11H,6-7H2,1H3,(H,28,29). The van der Waals surface area contributed by atoms with E-state index in [4.69, 9.17) is 4.98 Å². The number of aromatic carboxylic acids is 1. The molecule has 1 aliphatic heterocycles. The number of carbonyl (C=O) groups is 1. The van der Waals surface area contributed by atoms with Gasteiger partial charge in [-0.3, -0.25) is 9.36 Å². The summed E-state index contributed by atoms with van der Waals surface area (Å²) in [6.07, 6.45) is 6.09. The lowest BCUT2D eigenvalue weighted by Crippen LogP contribution is -2.46. The molecule has 1 saturated heterocycles. The van der Waals surface area contributed by atoms with E-state index in [-0.39, 0.29) is 16.9 Å². The van der Waals surface area contributed by atoms with Crippen LogP contribution in [0.25, 0.3) is 16.2 Å². The lowest BCUT2D eigenvalue weighted by molar-refractivity contribution is 0.0695. The first kappa shape index (κ1) is 18.3. The van der Waals surface area contributed by atoms with Crippen molar-refractivity contribution >= 4 is 34.4 Å². The number of pyridine rings is 2. The van der Waals surface area contributed by atoms with Crippen LogP contribution >= 0.6 is 11.5 Å². The van der Waals surface area contributed by atoms with Crippen LogP contribution in [-0.2, 0) is 0 Å². The van der Waals surface area contributed by atoms with Crippen LogP contribution in [0.5, 0.6) is 0 Å². The fraction of sp³-hybridized carbons (Fsp3) is 0.211. The number of hydrogen-bond acceptors (Lipinski definition) is 9. The lowest BCUT2D eigenvalue weighted by Gasteiger charge is -2.39. The number of aromatic nitrogens is 6. The summed E-state index contributed by atoms with van der Waals surface area (Å²) in [7, 11) is 0. The molecular formula is C19H15N7O3S. The molecule has 0 saturated carbocycles. The first-order valence-electron chi connectivity index (χ1n) is 9.12.